The third-order valence-corrected chi connectivity index (χ3v) is 5.11. The molecule has 6 nitrogen and oxygen atoms in total. The monoisotopic (exact) mass is 327 g/mol. The topological polar surface area (TPSA) is 75.4 Å². The molecule has 24 heavy (non-hydrogen) atoms. The van der Waals surface area contributed by atoms with E-state index in [0.717, 1.165) is 11.3 Å². The molecule has 126 valence electrons. The van der Waals surface area contributed by atoms with Crippen LogP contribution in [0.25, 0.3) is 0 Å². The molecule has 1 aliphatic heterocycles. The van der Waals surface area contributed by atoms with Crippen molar-refractivity contribution in [2.75, 3.05) is 13.1 Å². The van der Waals surface area contributed by atoms with Gasteiger partial charge in [-0.15, -0.1) is 0 Å². The summed E-state index contributed by atoms with van der Waals surface area (Å²) >= 11 is 0. The van der Waals surface area contributed by atoms with Crippen LogP contribution in [0.15, 0.2) is 36.5 Å². The van der Waals surface area contributed by atoms with Gasteiger partial charge in [0.25, 0.3) is 5.91 Å². The Balaban J connectivity index is 1.80. The van der Waals surface area contributed by atoms with Gasteiger partial charge < -0.3 is 10.0 Å². The highest BCUT2D eigenvalue weighted by Crippen LogP contribution is 2.36. The van der Waals surface area contributed by atoms with Gasteiger partial charge in [-0.1, -0.05) is 30.3 Å². The molecule has 1 aromatic carbocycles. The molecule has 0 aliphatic carbocycles. The molecular weight excluding hydrogens is 306 g/mol. The summed E-state index contributed by atoms with van der Waals surface area (Å²) in [6.07, 6.45) is 2.41. The lowest BCUT2D eigenvalue weighted by molar-refractivity contribution is -0.145. The van der Waals surface area contributed by atoms with Gasteiger partial charge in [0, 0.05) is 25.8 Å². The lowest BCUT2D eigenvalue weighted by Crippen LogP contribution is -2.49. The molecule has 1 N–H and O–H groups in total. The number of carboxylic acid groups (broad SMARTS) is 1. The number of carbonyl (C=O) groups excluding carboxylic acids is 1. The number of carboxylic acids is 1. The largest absolute Gasteiger partial charge is 0.481 e. The first-order valence-electron chi connectivity index (χ1n) is 8.02. The quantitative estimate of drug-likeness (QED) is 0.935. The number of likely N-dealkylation sites (tertiary alicyclic amines) is 1. The average molecular weight is 327 g/mol. The number of aromatic nitrogens is 2. The van der Waals surface area contributed by atoms with Crippen LogP contribution in [0.3, 0.4) is 0 Å². The molecule has 1 fully saturated rings. The fraction of sp³-hybridized carbons (Fsp3) is 0.389. The van der Waals surface area contributed by atoms with E-state index in [1.165, 1.54) is 0 Å². The first-order chi connectivity index (χ1) is 11.5. The zero-order valence-electron chi connectivity index (χ0n) is 13.9. The predicted molar refractivity (Wildman–Crippen MR) is 88.8 cm³/mol. The predicted octanol–water partition coefficient (Wildman–Crippen LogP) is 1.99. The third kappa shape index (κ3) is 2.58. The zero-order valence-corrected chi connectivity index (χ0v) is 13.9. The molecule has 0 radical (unpaired) electrons. The van der Waals surface area contributed by atoms with Crippen molar-refractivity contribution in [3.05, 3.63) is 53.3 Å². The van der Waals surface area contributed by atoms with E-state index in [2.05, 4.69) is 5.10 Å². The van der Waals surface area contributed by atoms with E-state index < -0.39 is 11.4 Å². The number of piperidine rings is 1. The fourth-order valence-corrected chi connectivity index (χ4v) is 3.35. The van der Waals surface area contributed by atoms with Gasteiger partial charge in [-0.05, 0) is 25.3 Å². The number of aliphatic carboxylic acids is 1. The van der Waals surface area contributed by atoms with Crippen molar-refractivity contribution in [1.82, 2.24) is 14.7 Å². The van der Waals surface area contributed by atoms with Crippen molar-refractivity contribution in [3.63, 3.8) is 0 Å². The van der Waals surface area contributed by atoms with Gasteiger partial charge in [0.15, 0.2) is 0 Å². The second-order valence-electron chi connectivity index (χ2n) is 6.31. The lowest BCUT2D eigenvalue weighted by Gasteiger charge is -2.39. The van der Waals surface area contributed by atoms with Crippen molar-refractivity contribution in [2.24, 2.45) is 7.05 Å². The average Bonchev–Trinajstić information content (AvgIpc) is 2.94. The highest BCUT2D eigenvalue weighted by atomic mass is 16.4. The van der Waals surface area contributed by atoms with Gasteiger partial charge in [-0.3, -0.25) is 14.3 Å². The van der Waals surface area contributed by atoms with Gasteiger partial charge in [-0.2, -0.15) is 5.10 Å². The van der Waals surface area contributed by atoms with Crippen molar-refractivity contribution in [1.29, 1.82) is 0 Å². The molecular formula is C18H21N3O3. The lowest BCUT2D eigenvalue weighted by atomic mass is 9.73. The van der Waals surface area contributed by atoms with E-state index >= 15 is 0 Å². The van der Waals surface area contributed by atoms with Crippen LogP contribution in [0.1, 0.15) is 34.5 Å². The summed E-state index contributed by atoms with van der Waals surface area (Å²) in [5.74, 6) is -0.897. The number of amides is 1. The Morgan fingerprint density at radius 2 is 1.79 bits per heavy atom. The molecule has 0 saturated carbocycles. The highest BCUT2D eigenvalue weighted by Gasteiger charge is 2.44. The molecule has 1 amide bonds. The third-order valence-electron chi connectivity index (χ3n) is 5.11. The summed E-state index contributed by atoms with van der Waals surface area (Å²) in [4.78, 5) is 26.4. The second-order valence-corrected chi connectivity index (χ2v) is 6.31. The van der Waals surface area contributed by atoms with Gasteiger partial charge in [0.05, 0.1) is 17.2 Å². The fourth-order valence-electron chi connectivity index (χ4n) is 3.35. The second kappa shape index (κ2) is 6.11. The van der Waals surface area contributed by atoms with Crippen LogP contribution in [0.5, 0.6) is 0 Å². The standard InChI is InChI=1S/C18H21N3O3/c1-13-15(12-19-20(13)2)16(22)21-10-8-18(9-11-21,17(23)24)14-6-4-3-5-7-14/h3-7,12H,8-11H2,1-2H3,(H,23,24). The smallest absolute Gasteiger partial charge is 0.314 e. The normalized spacial score (nSPS) is 16.8. The molecule has 1 aromatic heterocycles. The summed E-state index contributed by atoms with van der Waals surface area (Å²) in [6, 6.07) is 9.31. The van der Waals surface area contributed by atoms with Gasteiger partial charge in [-0.25, -0.2) is 0 Å². The number of hydrogen-bond donors (Lipinski definition) is 1. The minimum atomic E-state index is -0.915. The van der Waals surface area contributed by atoms with Crippen molar-refractivity contribution >= 4 is 11.9 Å². The molecule has 1 saturated heterocycles. The number of nitrogens with zero attached hydrogens (tertiary/aromatic N) is 3. The maximum Gasteiger partial charge on any atom is 0.314 e. The first-order valence-corrected chi connectivity index (χ1v) is 8.02. The number of hydrogen-bond acceptors (Lipinski definition) is 3. The van der Waals surface area contributed by atoms with E-state index in [-0.39, 0.29) is 5.91 Å². The van der Waals surface area contributed by atoms with Crippen LogP contribution in [0.2, 0.25) is 0 Å². The van der Waals surface area contributed by atoms with E-state index in [1.54, 1.807) is 22.8 Å². The number of rotatable bonds is 3. The highest BCUT2D eigenvalue weighted by molar-refractivity contribution is 5.95. The minimum absolute atomic E-state index is 0.0762. The Morgan fingerprint density at radius 1 is 1.17 bits per heavy atom. The molecule has 2 heterocycles. The van der Waals surface area contributed by atoms with Crippen molar-refractivity contribution < 1.29 is 14.7 Å². The molecule has 0 atom stereocenters. The molecule has 0 spiro atoms. The van der Waals surface area contributed by atoms with E-state index in [0.29, 0.717) is 31.5 Å². The van der Waals surface area contributed by atoms with Crippen LogP contribution >= 0.6 is 0 Å². The van der Waals surface area contributed by atoms with Gasteiger partial charge in [0.1, 0.15) is 0 Å². The van der Waals surface area contributed by atoms with E-state index in [4.69, 9.17) is 0 Å². The van der Waals surface area contributed by atoms with Gasteiger partial charge >= 0.3 is 5.97 Å². The number of aryl methyl sites for hydroxylation is 1. The molecule has 3 rings (SSSR count). The van der Waals surface area contributed by atoms with Crippen molar-refractivity contribution in [3.8, 4) is 0 Å². The number of benzene rings is 1. The van der Waals surface area contributed by atoms with Crippen LogP contribution in [0.4, 0.5) is 0 Å². The van der Waals surface area contributed by atoms with Gasteiger partial charge in [0.2, 0.25) is 0 Å². The van der Waals surface area contributed by atoms with Crippen LogP contribution in [-0.2, 0) is 17.3 Å². The van der Waals surface area contributed by atoms with E-state index in [9.17, 15) is 14.7 Å². The summed E-state index contributed by atoms with van der Waals surface area (Å²) in [5, 5.41) is 13.9. The minimum Gasteiger partial charge on any atom is -0.481 e. The number of carbonyl (C=O) groups is 2. The Hall–Kier alpha value is -2.63. The Bertz CT molecular complexity index is 759. The van der Waals surface area contributed by atoms with E-state index in [1.807, 2.05) is 37.3 Å². The molecule has 0 unspecified atom stereocenters. The maximum absolute atomic E-state index is 12.7. The SMILES string of the molecule is Cc1c(C(=O)N2CCC(C(=O)O)(c3ccccc3)CC2)cnn1C. The maximum atomic E-state index is 12.7. The summed E-state index contributed by atoms with van der Waals surface area (Å²) in [7, 11) is 1.80. The Labute approximate surface area is 140 Å². The summed E-state index contributed by atoms with van der Waals surface area (Å²) < 4.78 is 1.67. The van der Waals surface area contributed by atoms with Crippen molar-refractivity contribution in [2.45, 2.75) is 25.2 Å². The summed E-state index contributed by atoms with van der Waals surface area (Å²) in [6.45, 7) is 2.71. The Kier molecular flexibility index (Phi) is 4.13. The van der Waals surface area contributed by atoms with Crippen LogP contribution in [-0.4, -0.2) is 44.8 Å². The molecule has 6 heteroatoms. The van der Waals surface area contributed by atoms with Crippen LogP contribution in [0, 0.1) is 6.92 Å². The molecule has 0 bridgehead atoms. The zero-order chi connectivity index (χ0) is 17.3. The molecule has 1 aliphatic rings. The Morgan fingerprint density at radius 3 is 2.29 bits per heavy atom. The summed E-state index contributed by atoms with van der Waals surface area (Å²) in [5.41, 5.74) is 1.29. The first kappa shape index (κ1) is 16.2. The molecule has 2 aromatic rings. The van der Waals surface area contributed by atoms with Crippen LogP contribution < -0.4 is 0 Å².